The molecule has 0 saturated carbocycles. The van der Waals surface area contributed by atoms with Crippen LogP contribution < -0.4 is 14.2 Å². The van der Waals surface area contributed by atoms with Crippen molar-refractivity contribution in [2.24, 2.45) is 7.05 Å². The zero-order valence-corrected chi connectivity index (χ0v) is 19.7. The van der Waals surface area contributed by atoms with Gasteiger partial charge in [-0.25, -0.2) is 16.8 Å². The Morgan fingerprint density at radius 2 is 1.55 bits per heavy atom. The molecule has 4 rings (SSSR count). The molecule has 2 N–H and O–H groups in total. The number of sulfonamides is 2. The first kappa shape index (κ1) is 21.8. The number of rotatable bonds is 6. The Labute approximate surface area is 191 Å². The Kier molecular flexibility index (Phi) is 5.60. The van der Waals surface area contributed by atoms with Crippen LogP contribution in [0.5, 0.6) is 0 Å². The van der Waals surface area contributed by atoms with Gasteiger partial charge in [-0.3, -0.25) is 18.2 Å². The molecule has 0 aliphatic rings. The number of aryl methyl sites for hydroxylation is 1. The summed E-state index contributed by atoms with van der Waals surface area (Å²) in [6.45, 7) is 0. The van der Waals surface area contributed by atoms with E-state index in [1.54, 1.807) is 29.2 Å². The molecule has 0 unspecified atom stereocenters. The fourth-order valence-corrected chi connectivity index (χ4v) is 7.28. The van der Waals surface area contributed by atoms with Crippen LogP contribution in [0.4, 0.5) is 11.4 Å². The summed E-state index contributed by atoms with van der Waals surface area (Å²) in [7, 11) is -6.35. The van der Waals surface area contributed by atoms with Crippen LogP contribution in [-0.4, -0.2) is 20.8 Å². The molecule has 2 aromatic carbocycles. The van der Waals surface area contributed by atoms with E-state index in [9.17, 15) is 21.6 Å². The van der Waals surface area contributed by atoms with Crippen LogP contribution in [0.3, 0.4) is 0 Å². The van der Waals surface area contributed by atoms with Crippen LogP contribution in [-0.2, 0) is 27.1 Å². The SMILES string of the molecule is Cn1sc(=O)c2cc(S(=O)(=O)Nc3ccccc3NS(=O)(=O)c3ccc(Cl)s3)ccc21. The third kappa shape index (κ3) is 4.34. The Morgan fingerprint density at radius 3 is 2.16 bits per heavy atom. The Bertz CT molecular complexity index is 1570. The number of nitrogens with zero attached hydrogens (tertiary/aromatic N) is 1. The average molecular weight is 516 g/mol. The lowest BCUT2D eigenvalue weighted by Crippen LogP contribution is -2.17. The van der Waals surface area contributed by atoms with Crippen molar-refractivity contribution in [1.82, 2.24) is 3.96 Å². The molecule has 31 heavy (non-hydrogen) atoms. The summed E-state index contributed by atoms with van der Waals surface area (Å²) in [6, 6.07) is 13.1. The molecule has 0 bridgehead atoms. The van der Waals surface area contributed by atoms with E-state index >= 15 is 0 Å². The van der Waals surface area contributed by atoms with Gasteiger partial charge in [0.2, 0.25) is 0 Å². The molecule has 4 aromatic rings. The van der Waals surface area contributed by atoms with Gasteiger partial charge in [0, 0.05) is 7.05 Å². The number of nitrogens with one attached hydrogen (secondary N) is 2. The van der Waals surface area contributed by atoms with Crippen LogP contribution in [0.1, 0.15) is 0 Å². The summed E-state index contributed by atoms with van der Waals surface area (Å²) in [5.74, 6) is 0. The van der Waals surface area contributed by atoms with Crippen molar-refractivity contribution in [3.63, 3.8) is 0 Å². The smallest absolute Gasteiger partial charge is 0.271 e. The predicted octanol–water partition coefficient (Wildman–Crippen LogP) is 3.92. The normalized spacial score (nSPS) is 12.2. The van der Waals surface area contributed by atoms with Gasteiger partial charge in [-0.2, -0.15) is 0 Å². The highest BCUT2D eigenvalue weighted by Crippen LogP contribution is 2.31. The molecule has 0 radical (unpaired) electrons. The Hall–Kier alpha value is -2.38. The van der Waals surface area contributed by atoms with Crippen molar-refractivity contribution in [2.75, 3.05) is 9.44 Å². The van der Waals surface area contributed by atoms with E-state index < -0.39 is 20.0 Å². The summed E-state index contributed by atoms with van der Waals surface area (Å²) in [6.07, 6.45) is 0. The molecule has 0 fully saturated rings. The minimum absolute atomic E-state index is 0.00563. The average Bonchev–Trinajstić information content (AvgIpc) is 3.27. The summed E-state index contributed by atoms with van der Waals surface area (Å²) in [5.41, 5.74) is 0.701. The highest BCUT2D eigenvalue weighted by atomic mass is 35.5. The quantitative estimate of drug-likeness (QED) is 0.404. The molecule has 0 aliphatic heterocycles. The van der Waals surface area contributed by atoms with Crippen LogP contribution in [0.25, 0.3) is 10.9 Å². The summed E-state index contributed by atoms with van der Waals surface area (Å²) in [5, 5.41) is 0.291. The summed E-state index contributed by atoms with van der Waals surface area (Å²) in [4.78, 5) is 12.0. The minimum atomic E-state index is -4.10. The number of halogens is 1. The van der Waals surface area contributed by atoms with E-state index in [-0.39, 0.29) is 25.2 Å². The number of hydrogen-bond donors (Lipinski definition) is 2. The van der Waals surface area contributed by atoms with E-state index in [0.717, 1.165) is 22.9 Å². The fraction of sp³-hybridized carbons (Fsp3) is 0.0556. The lowest BCUT2D eigenvalue weighted by molar-refractivity contribution is 0.599. The molecule has 162 valence electrons. The molecule has 2 aromatic heterocycles. The molecule has 2 heterocycles. The zero-order valence-electron chi connectivity index (χ0n) is 15.7. The molecule has 13 heteroatoms. The minimum Gasteiger partial charge on any atom is -0.297 e. The maximum atomic E-state index is 12.9. The van der Waals surface area contributed by atoms with Crippen LogP contribution >= 0.6 is 34.5 Å². The van der Waals surface area contributed by atoms with Crippen molar-refractivity contribution in [3.05, 3.63) is 68.5 Å². The monoisotopic (exact) mass is 515 g/mol. The molecular weight excluding hydrogens is 502 g/mol. The number of thiophene rings is 1. The highest BCUT2D eigenvalue weighted by Gasteiger charge is 2.22. The standard InChI is InChI=1S/C18H14ClN3O5S4/c1-22-15-7-6-11(10-12(15)18(23)29-22)30(24,25)20-13-4-2-3-5-14(13)21-31(26,27)17-9-8-16(19)28-17/h2-10,20-21H,1H3. The third-order valence-corrected chi connectivity index (χ3v) is 9.59. The lowest BCUT2D eigenvalue weighted by Gasteiger charge is -2.14. The molecule has 0 aliphatic carbocycles. The largest absolute Gasteiger partial charge is 0.297 e. The van der Waals surface area contributed by atoms with E-state index in [1.165, 1.54) is 36.4 Å². The van der Waals surface area contributed by atoms with Crippen LogP contribution in [0, 0.1) is 0 Å². The molecule has 0 spiro atoms. The van der Waals surface area contributed by atoms with Gasteiger partial charge in [0.1, 0.15) is 4.21 Å². The number of para-hydroxylation sites is 2. The topological polar surface area (TPSA) is 114 Å². The fourth-order valence-electron chi connectivity index (χ4n) is 2.85. The second-order valence-corrected chi connectivity index (χ2v) is 12.8. The highest BCUT2D eigenvalue weighted by molar-refractivity contribution is 7.94. The molecule has 0 atom stereocenters. The first-order valence-electron chi connectivity index (χ1n) is 8.57. The van der Waals surface area contributed by atoms with E-state index in [4.69, 9.17) is 11.6 Å². The number of fused-ring (bicyclic) bond motifs is 1. The van der Waals surface area contributed by atoms with Crippen molar-refractivity contribution in [3.8, 4) is 0 Å². The van der Waals surface area contributed by atoms with Crippen molar-refractivity contribution < 1.29 is 16.8 Å². The van der Waals surface area contributed by atoms with Gasteiger partial charge in [-0.05, 0) is 54.0 Å². The van der Waals surface area contributed by atoms with Gasteiger partial charge < -0.3 is 0 Å². The number of anilines is 2. The van der Waals surface area contributed by atoms with Gasteiger partial charge in [0.05, 0.1) is 31.5 Å². The summed E-state index contributed by atoms with van der Waals surface area (Å²) >= 11 is 7.68. The zero-order chi connectivity index (χ0) is 22.4. The maximum Gasteiger partial charge on any atom is 0.271 e. The summed E-state index contributed by atoms with van der Waals surface area (Å²) < 4.78 is 57.6. The molecular formula is C18H14ClN3O5S4. The number of benzene rings is 2. The number of hydrogen-bond acceptors (Lipinski definition) is 7. The van der Waals surface area contributed by atoms with Crippen molar-refractivity contribution in [2.45, 2.75) is 9.10 Å². The third-order valence-electron chi connectivity index (χ3n) is 4.29. The van der Waals surface area contributed by atoms with Gasteiger partial charge in [0.25, 0.3) is 24.8 Å². The molecule has 8 nitrogen and oxygen atoms in total. The van der Waals surface area contributed by atoms with Gasteiger partial charge in [-0.15, -0.1) is 11.3 Å². The first-order valence-corrected chi connectivity index (χ1v) is 13.5. The second-order valence-electron chi connectivity index (χ2n) is 6.37. The van der Waals surface area contributed by atoms with Crippen molar-refractivity contribution in [1.29, 1.82) is 0 Å². The van der Waals surface area contributed by atoms with E-state index in [2.05, 4.69) is 9.44 Å². The first-order chi connectivity index (χ1) is 14.6. The van der Waals surface area contributed by atoms with Crippen molar-refractivity contribution >= 4 is 76.8 Å². The van der Waals surface area contributed by atoms with Gasteiger partial charge in [0.15, 0.2) is 0 Å². The van der Waals surface area contributed by atoms with Gasteiger partial charge in [-0.1, -0.05) is 23.7 Å². The van der Waals surface area contributed by atoms with E-state index in [0.29, 0.717) is 15.2 Å². The number of aromatic nitrogens is 1. The van der Waals surface area contributed by atoms with Crippen LogP contribution in [0.2, 0.25) is 4.34 Å². The Morgan fingerprint density at radius 1 is 0.903 bits per heavy atom. The lowest BCUT2D eigenvalue weighted by atomic mass is 10.2. The molecule has 0 amide bonds. The Balaban J connectivity index is 1.68. The van der Waals surface area contributed by atoms with Gasteiger partial charge >= 0.3 is 0 Å². The predicted molar refractivity (Wildman–Crippen MR) is 124 cm³/mol. The van der Waals surface area contributed by atoms with Crippen LogP contribution in [0.15, 0.2) is 68.5 Å². The molecule has 0 saturated heterocycles. The second kappa shape index (κ2) is 7.95. The maximum absolute atomic E-state index is 12.9. The van der Waals surface area contributed by atoms with E-state index in [1.807, 2.05) is 0 Å².